The van der Waals surface area contributed by atoms with Crippen LogP contribution in [0, 0.1) is 11.7 Å². The molecule has 0 N–H and O–H groups in total. The maximum Gasteiger partial charge on any atom is 0.123 e. The number of likely N-dealkylation sites (tertiary alicyclic amines) is 1. The molecule has 1 aliphatic heterocycles. The first-order chi connectivity index (χ1) is 11.7. The van der Waals surface area contributed by atoms with Crippen LogP contribution in [-0.2, 0) is 0 Å². The fraction of sp³-hybridized carbons (Fsp3) is 0.400. The zero-order chi connectivity index (χ0) is 16.9. The number of thioether (sulfide) groups is 1. The van der Waals surface area contributed by atoms with Gasteiger partial charge in [-0.25, -0.2) is 4.39 Å². The molecule has 2 nitrogen and oxygen atoms in total. The van der Waals surface area contributed by atoms with E-state index in [1.807, 2.05) is 36.0 Å². The summed E-state index contributed by atoms with van der Waals surface area (Å²) < 4.78 is 18.4. The van der Waals surface area contributed by atoms with E-state index in [0.717, 1.165) is 31.0 Å². The van der Waals surface area contributed by atoms with Gasteiger partial charge in [0.2, 0.25) is 0 Å². The summed E-state index contributed by atoms with van der Waals surface area (Å²) in [6.07, 6.45) is 1.13. The van der Waals surface area contributed by atoms with Gasteiger partial charge in [-0.1, -0.05) is 12.1 Å². The number of hydrogen-bond acceptors (Lipinski definition) is 3. The number of halogens is 1. The van der Waals surface area contributed by atoms with Crippen LogP contribution >= 0.6 is 11.8 Å². The molecule has 0 saturated carbocycles. The van der Waals surface area contributed by atoms with Crippen LogP contribution < -0.4 is 4.74 Å². The van der Waals surface area contributed by atoms with Crippen LogP contribution in [0.3, 0.4) is 0 Å². The molecule has 0 aliphatic carbocycles. The average Bonchev–Trinajstić information content (AvgIpc) is 2.61. The Bertz CT molecular complexity index is 644. The smallest absolute Gasteiger partial charge is 0.123 e. The predicted molar refractivity (Wildman–Crippen MR) is 98.5 cm³/mol. The molecule has 0 amide bonds. The van der Waals surface area contributed by atoms with Crippen molar-refractivity contribution in [2.45, 2.75) is 17.2 Å². The Morgan fingerprint density at radius 3 is 2.50 bits per heavy atom. The second kappa shape index (κ2) is 8.04. The van der Waals surface area contributed by atoms with Crippen LogP contribution in [0.2, 0.25) is 0 Å². The molecule has 1 aliphatic rings. The molecule has 2 aromatic rings. The Hall–Kier alpha value is -1.52. The molecule has 0 bridgehead atoms. The van der Waals surface area contributed by atoms with Crippen LogP contribution in [-0.4, -0.2) is 37.9 Å². The van der Waals surface area contributed by atoms with E-state index < -0.39 is 0 Å². The van der Waals surface area contributed by atoms with Gasteiger partial charge in [-0.15, -0.1) is 11.8 Å². The van der Waals surface area contributed by atoms with Gasteiger partial charge in [0.1, 0.15) is 11.6 Å². The van der Waals surface area contributed by atoms with Crippen LogP contribution in [0.5, 0.6) is 5.75 Å². The molecular weight excluding hydrogens is 321 g/mol. The first-order valence-corrected chi connectivity index (χ1v) is 9.35. The number of benzene rings is 2. The van der Waals surface area contributed by atoms with E-state index >= 15 is 0 Å². The maximum absolute atomic E-state index is 13.2. The number of piperidine rings is 1. The summed E-state index contributed by atoms with van der Waals surface area (Å²) in [6.45, 7) is 2.19. The zero-order valence-corrected chi connectivity index (χ0v) is 15.1. The van der Waals surface area contributed by atoms with Gasteiger partial charge >= 0.3 is 0 Å². The lowest BCUT2D eigenvalue weighted by Gasteiger charge is -2.37. The molecular formula is C20H24FNOS. The normalized spacial score (nSPS) is 21.6. The molecule has 24 heavy (non-hydrogen) atoms. The van der Waals surface area contributed by atoms with Crippen molar-refractivity contribution < 1.29 is 9.13 Å². The Kier molecular flexibility index (Phi) is 5.80. The van der Waals surface area contributed by atoms with Gasteiger partial charge in [-0.3, -0.25) is 0 Å². The van der Waals surface area contributed by atoms with Crippen LogP contribution in [0.25, 0.3) is 0 Å². The summed E-state index contributed by atoms with van der Waals surface area (Å²) in [7, 11) is 3.87. The van der Waals surface area contributed by atoms with Crippen molar-refractivity contribution in [3.05, 3.63) is 59.9 Å². The van der Waals surface area contributed by atoms with Crippen molar-refractivity contribution in [1.29, 1.82) is 0 Å². The highest BCUT2D eigenvalue weighted by Crippen LogP contribution is 2.36. The second-order valence-electron chi connectivity index (χ2n) is 6.46. The minimum Gasteiger partial charge on any atom is -0.497 e. The molecule has 3 rings (SSSR count). The third-order valence-electron chi connectivity index (χ3n) is 4.76. The van der Waals surface area contributed by atoms with Crippen LogP contribution in [0.15, 0.2) is 53.4 Å². The van der Waals surface area contributed by atoms with E-state index in [4.69, 9.17) is 4.74 Å². The monoisotopic (exact) mass is 345 g/mol. The van der Waals surface area contributed by atoms with E-state index in [1.165, 1.54) is 10.5 Å². The lowest BCUT2D eigenvalue weighted by molar-refractivity contribution is 0.198. The molecule has 0 aromatic heterocycles. The largest absolute Gasteiger partial charge is 0.497 e. The Morgan fingerprint density at radius 2 is 1.83 bits per heavy atom. The van der Waals surface area contributed by atoms with E-state index in [9.17, 15) is 4.39 Å². The maximum atomic E-state index is 13.2. The van der Waals surface area contributed by atoms with E-state index in [-0.39, 0.29) is 5.82 Å². The van der Waals surface area contributed by atoms with Crippen LogP contribution in [0.4, 0.5) is 4.39 Å². The van der Waals surface area contributed by atoms with Gasteiger partial charge in [0.15, 0.2) is 0 Å². The number of hydrogen-bond donors (Lipinski definition) is 0. The van der Waals surface area contributed by atoms with Crippen molar-refractivity contribution in [3.63, 3.8) is 0 Å². The average molecular weight is 345 g/mol. The van der Waals surface area contributed by atoms with Crippen LogP contribution in [0.1, 0.15) is 17.9 Å². The summed E-state index contributed by atoms with van der Waals surface area (Å²) in [5, 5.41) is 0. The first kappa shape index (κ1) is 17.3. The number of nitrogens with zero attached hydrogens (tertiary/aromatic N) is 1. The Balaban J connectivity index is 1.68. The minimum atomic E-state index is -0.157. The van der Waals surface area contributed by atoms with Gasteiger partial charge in [0, 0.05) is 17.2 Å². The standard InChI is InChI=1S/C20H24FNOS/c1-22-12-11-20(15-3-5-17(21)6-4-15)16(13-22)14-24-19-9-7-18(23-2)8-10-19/h3-10,16,20H,11-14H2,1-2H3/t16-,20+/m0/s1. The summed E-state index contributed by atoms with van der Waals surface area (Å²) in [4.78, 5) is 3.67. The topological polar surface area (TPSA) is 12.5 Å². The summed E-state index contributed by atoms with van der Waals surface area (Å²) in [5.74, 6) is 2.88. The van der Waals surface area contributed by atoms with E-state index in [0.29, 0.717) is 11.8 Å². The van der Waals surface area contributed by atoms with Gasteiger partial charge in [0.05, 0.1) is 7.11 Å². The fourth-order valence-electron chi connectivity index (χ4n) is 3.41. The summed E-state index contributed by atoms with van der Waals surface area (Å²) >= 11 is 1.89. The van der Waals surface area contributed by atoms with Gasteiger partial charge in [-0.05, 0) is 73.8 Å². The van der Waals surface area contributed by atoms with E-state index in [2.05, 4.69) is 24.1 Å². The molecule has 0 spiro atoms. The summed E-state index contributed by atoms with van der Waals surface area (Å²) in [6, 6.07) is 15.3. The van der Waals surface area contributed by atoms with Gasteiger partial charge in [0.25, 0.3) is 0 Å². The highest BCUT2D eigenvalue weighted by molar-refractivity contribution is 7.99. The molecule has 1 fully saturated rings. The highest BCUT2D eigenvalue weighted by atomic mass is 32.2. The molecule has 0 radical (unpaired) electrons. The highest BCUT2D eigenvalue weighted by Gasteiger charge is 2.29. The third kappa shape index (κ3) is 4.31. The molecule has 2 atom stereocenters. The lowest BCUT2D eigenvalue weighted by Crippen LogP contribution is -2.38. The Labute approximate surface area is 148 Å². The Morgan fingerprint density at radius 1 is 1.12 bits per heavy atom. The first-order valence-electron chi connectivity index (χ1n) is 8.36. The summed E-state index contributed by atoms with van der Waals surface area (Å²) in [5.41, 5.74) is 1.27. The third-order valence-corrected chi connectivity index (χ3v) is 5.96. The van der Waals surface area contributed by atoms with Crippen molar-refractivity contribution in [1.82, 2.24) is 4.90 Å². The fourth-order valence-corrected chi connectivity index (χ4v) is 4.48. The molecule has 1 heterocycles. The zero-order valence-electron chi connectivity index (χ0n) is 14.2. The SMILES string of the molecule is COc1ccc(SC[C@@H]2CN(C)CC[C@@H]2c2ccc(F)cc2)cc1. The van der Waals surface area contributed by atoms with Gasteiger partial charge < -0.3 is 9.64 Å². The second-order valence-corrected chi connectivity index (χ2v) is 7.55. The lowest BCUT2D eigenvalue weighted by atomic mass is 9.81. The predicted octanol–water partition coefficient (Wildman–Crippen LogP) is 4.66. The van der Waals surface area contributed by atoms with Crippen molar-refractivity contribution in [2.75, 3.05) is 33.0 Å². The van der Waals surface area contributed by atoms with Crippen molar-refractivity contribution in [3.8, 4) is 5.75 Å². The van der Waals surface area contributed by atoms with E-state index in [1.54, 1.807) is 19.2 Å². The molecule has 128 valence electrons. The molecule has 0 unspecified atom stereocenters. The number of rotatable bonds is 5. The van der Waals surface area contributed by atoms with Crippen molar-refractivity contribution in [2.24, 2.45) is 5.92 Å². The minimum absolute atomic E-state index is 0.157. The number of methoxy groups -OCH3 is 1. The van der Waals surface area contributed by atoms with Crippen molar-refractivity contribution >= 4 is 11.8 Å². The quantitative estimate of drug-likeness (QED) is 0.731. The molecule has 2 aromatic carbocycles. The van der Waals surface area contributed by atoms with Gasteiger partial charge in [-0.2, -0.15) is 0 Å². The molecule has 1 saturated heterocycles. The number of ether oxygens (including phenoxy) is 1. The molecule has 4 heteroatoms.